The van der Waals surface area contributed by atoms with E-state index in [9.17, 15) is 18.4 Å². The minimum absolute atomic E-state index is 0.0809. The smallest absolute Gasteiger partial charge is 0.303 e. The lowest BCUT2D eigenvalue weighted by atomic mass is 10.0. The Bertz CT molecular complexity index is 477. The summed E-state index contributed by atoms with van der Waals surface area (Å²) in [4.78, 5) is 22.2. The third-order valence-corrected chi connectivity index (χ3v) is 2.76. The molecule has 19 heavy (non-hydrogen) atoms. The fourth-order valence-electron chi connectivity index (χ4n) is 1.61. The predicted octanol–water partition coefficient (Wildman–Crippen LogP) is 2.20. The molecule has 1 aromatic rings. The number of amides is 1. The second kappa shape index (κ2) is 6.82. The summed E-state index contributed by atoms with van der Waals surface area (Å²) in [6.45, 7) is 1.90. The van der Waals surface area contributed by atoms with Crippen LogP contribution in [0.15, 0.2) is 18.2 Å². The van der Waals surface area contributed by atoms with Crippen molar-refractivity contribution in [1.29, 1.82) is 0 Å². The molecule has 0 saturated heterocycles. The Labute approximate surface area is 109 Å². The van der Waals surface area contributed by atoms with Crippen LogP contribution in [0, 0.1) is 17.6 Å². The summed E-state index contributed by atoms with van der Waals surface area (Å²) in [7, 11) is 0. The average molecular weight is 271 g/mol. The van der Waals surface area contributed by atoms with E-state index in [4.69, 9.17) is 5.11 Å². The quantitative estimate of drug-likeness (QED) is 0.833. The zero-order valence-electron chi connectivity index (χ0n) is 10.5. The molecule has 0 aliphatic rings. The first-order valence-corrected chi connectivity index (χ1v) is 5.89. The molecule has 0 aromatic heterocycles. The Kier molecular flexibility index (Phi) is 5.41. The molecule has 104 valence electrons. The van der Waals surface area contributed by atoms with E-state index in [0.29, 0.717) is 6.42 Å². The molecule has 1 atom stereocenters. The summed E-state index contributed by atoms with van der Waals surface area (Å²) in [5.74, 6) is -3.47. The van der Waals surface area contributed by atoms with Crippen LogP contribution >= 0.6 is 0 Å². The number of halogens is 2. The molecule has 1 unspecified atom stereocenters. The van der Waals surface area contributed by atoms with Crippen molar-refractivity contribution in [3.8, 4) is 0 Å². The van der Waals surface area contributed by atoms with Crippen LogP contribution in [-0.4, -0.2) is 23.5 Å². The number of carbonyl (C=O) groups is 2. The summed E-state index contributed by atoms with van der Waals surface area (Å²) >= 11 is 0. The Morgan fingerprint density at radius 2 is 2.05 bits per heavy atom. The summed E-state index contributed by atoms with van der Waals surface area (Å²) in [6, 6.07) is 2.60. The highest BCUT2D eigenvalue weighted by Crippen LogP contribution is 2.11. The first-order chi connectivity index (χ1) is 8.93. The molecule has 0 spiro atoms. The fraction of sp³-hybridized carbons (Fsp3) is 0.385. The molecule has 0 radical (unpaired) electrons. The number of benzene rings is 1. The van der Waals surface area contributed by atoms with Gasteiger partial charge in [0.1, 0.15) is 11.6 Å². The summed E-state index contributed by atoms with van der Waals surface area (Å²) in [5, 5.41) is 11.1. The van der Waals surface area contributed by atoms with Gasteiger partial charge in [0.2, 0.25) is 0 Å². The van der Waals surface area contributed by atoms with Crippen molar-refractivity contribution in [3.63, 3.8) is 0 Å². The van der Waals surface area contributed by atoms with E-state index in [1.807, 2.05) is 0 Å². The van der Waals surface area contributed by atoms with Crippen molar-refractivity contribution >= 4 is 11.9 Å². The van der Waals surface area contributed by atoms with Crippen molar-refractivity contribution in [2.75, 3.05) is 6.54 Å². The first kappa shape index (κ1) is 15.1. The molecule has 0 saturated carbocycles. The zero-order chi connectivity index (χ0) is 14.4. The number of hydrogen-bond donors (Lipinski definition) is 2. The molecule has 1 rings (SSSR count). The highest BCUT2D eigenvalue weighted by atomic mass is 19.1. The zero-order valence-corrected chi connectivity index (χ0v) is 10.5. The highest BCUT2D eigenvalue weighted by molar-refractivity contribution is 5.94. The molecular formula is C13H15F2NO3. The maximum atomic E-state index is 13.3. The lowest BCUT2D eigenvalue weighted by Crippen LogP contribution is -2.30. The number of carboxylic acid groups (broad SMARTS) is 1. The second-order valence-corrected chi connectivity index (χ2v) is 4.21. The van der Waals surface area contributed by atoms with Crippen molar-refractivity contribution in [3.05, 3.63) is 35.4 Å². The number of nitrogens with one attached hydrogen (secondary N) is 1. The van der Waals surface area contributed by atoms with Crippen LogP contribution in [0.5, 0.6) is 0 Å². The van der Waals surface area contributed by atoms with Crippen molar-refractivity contribution in [1.82, 2.24) is 5.32 Å². The van der Waals surface area contributed by atoms with Crippen LogP contribution in [0.3, 0.4) is 0 Å². The van der Waals surface area contributed by atoms with Gasteiger partial charge in [0.15, 0.2) is 0 Å². The predicted molar refractivity (Wildman–Crippen MR) is 64.7 cm³/mol. The minimum Gasteiger partial charge on any atom is -0.481 e. The Hall–Kier alpha value is -1.98. The topological polar surface area (TPSA) is 66.4 Å². The van der Waals surface area contributed by atoms with Crippen LogP contribution in [0.25, 0.3) is 0 Å². The average Bonchev–Trinajstić information content (AvgIpc) is 2.36. The Morgan fingerprint density at radius 1 is 1.37 bits per heavy atom. The third kappa shape index (κ3) is 4.65. The van der Waals surface area contributed by atoms with Crippen molar-refractivity contribution in [2.45, 2.75) is 19.8 Å². The number of rotatable bonds is 6. The van der Waals surface area contributed by atoms with E-state index in [1.165, 1.54) is 0 Å². The van der Waals surface area contributed by atoms with Gasteiger partial charge >= 0.3 is 5.97 Å². The second-order valence-electron chi connectivity index (χ2n) is 4.21. The Balaban J connectivity index is 2.64. The van der Waals surface area contributed by atoms with Crippen LogP contribution < -0.4 is 5.32 Å². The minimum atomic E-state index is -0.960. The maximum absolute atomic E-state index is 13.3. The van der Waals surface area contributed by atoms with Gasteiger partial charge in [0.05, 0.1) is 5.56 Å². The van der Waals surface area contributed by atoms with E-state index in [1.54, 1.807) is 6.92 Å². The summed E-state index contributed by atoms with van der Waals surface area (Å²) < 4.78 is 26.2. The van der Waals surface area contributed by atoms with Crippen LogP contribution in [0.2, 0.25) is 0 Å². The molecule has 0 aliphatic heterocycles. The monoisotopic (exact) mass is 271 g/mol. The van der Waals surface area contributed by atoms with Gasteiger partial charge in [0.25, 0.3) is 5.91 Å². The largest absolute Gasteiger partial charge is 0.481 e. The molecule has 0 aliphatic carbocycles. The summed E-state index contributed by atoms with van der Waals surface area (Å²) in [6.07, 6.45) is 0.487. The van der Waals surface area contributed by atoms with Crippen LogP contribution in [-0.2, 0) is 4.79 Å². The van der Waals surface area contributed by atoms with E-state index < -0.39 is 23.5 Å². The molecule has 0 heterocycles. The van der Waals surface area contributed by atoms with Crippen LogP contribution in [0.1, 0.15) is 30.1 Å². The molecule has 4 nitrogen and oxygen atoms in total. The molecule has 1 amide bonds. The molecule has 6 heteroatoms. The summed E-state index contributed by atoms with van der Waals surface area (Å²) in [5.41, 5.74) is -0.384. The third-order valence-electron chi connectivity index (χ3n) is 2.76. The molecule has 0 fully saturated rings. The van der Waals surface area contributed by atoms with E-state index in [0.717, 1.165) is 18.2 Å². The Morgan fingerprint density at radius 3 is 2.63 bits per heavy atom. The van der Waals surface area contributed by atoms with Gasteiger partial charge in [-0.1, -0.05) is 13.3 Å². The molecule has 2 N–H and O–H groups in total. The molecular weight excluding hydrogens is 256 g/mol. The van der Waals surface area contributed by atoms with Gasteiger partial charge in [-0.2, -0.15) is 0 Å². The van der Waals surface area contributed by atoms with Crippen LogP contribution in [0.4, 0.5) is 8.78 Å². The van der Waals surface area contributed by atoms with Crippen molar-refractivity contribution < 1.29 is 23.5 Å². The molecule has 1 aromatic carbocycles. The number of carbonyl (C=O) groups excluding carboxylic acids is 1. The van der Waals surface area contributed by atoms with Gasteiger partial charge in [-0.25, -0.2) is 8.78 Å². The fourth-order valence-corrected chi connectivity index (χ4v) is 1.61. The van der Waals surface area contributed by atoms with E-state index in [2.05, 4.69) is 5.32 Å². The highest BCUT2D eigenvalue weighted by Gasteiger charge is 2.16. The van der Waals surface area contributed by atoms with Gasteiger partial charge in [-0.05, 0) is 24.1 Å². The SMILES string of the molecule is CCC(CNC(=O)c1cc(F)ccc1F)CC(=O)O. The number of aliphatic carboxylic acids is 1. The number of hydrogen-bond acceptors (Lipinski definition) is 2. The maximum Gasteiger partial charge on any atom is 0.303 e. The van der Waals surface area contributed by atoms with Gasteiger partial charge in [-0.3, -0.25) is 9.59 Å². The van der Waals surface area contributed by atoms with Gasteiger partial charge in [0, 0.05) is 13.0 Å². The van der Waals surface area contributed by atoms with Gasteiger partial charge < -0.3 is 10.4 Å². The van der Waals surface area contributed by atoms with E-state index in [-0.39, 0.29) is 24.4 Å². The van der Waals surface area contributed by atoms with Gasteiger partial charge in [-0.15, -0.1) is 0 Å². The number of carboxylic acids is 1. The lowest BCUT2D eigenvalue weighted by Gasteiger charge is -2.13. The molecule has 0 bridgehead atoms. The normalized spacial score (nSPS) is 11.9. The lowest BCUT2D eigenvalue weighted by molar-refractivity contribution is -0.138. The first-order valence-electron chi connectivity index (χ1n) is 5.89. The van der Waals surface area contributed by atoms with E-state index >= 15 is 0 Å². The van der Waals surface area contributed by atoms with Crippen molar-refractivity contribution in [2.24, 2.45) is 5.92 Å². The standard InChI is InChI=1S/C13H15F2NO3/c1-2-8(5-12(17)18)7-16-13(19)10-6-9(14)3-4-11(10)15/h3-4,6,8H,2,5,7H2,1H3,(H,16,19)(H,17,18).